The Hall–Kier alpha value is -1.85. The van der Waals surface area contributed by atoms with Gasteiger partial charge in [0.25, 0.3) is 0 Å². The van der Waals surface area contributed by atoms with Gasteiger partial charge in [0.05, 0.1) is 25.4 Å². The van der Waals surface area contributed by atoms with E-state index in [9.17, 15) is 4.79 Å². The van der Waals surface area contributed by atoms with E-state index >= 15 is 0 Å². The van der Waals surface area contributed by atoms with E-state index in [1.165, 1.54) is 5.56 Å². The molecule has 0 amide bonds. The molecule has 1 fully saturated rings. The highest BCUT2D eigenvalue weighted by Gasteiger charge is 2.42. The third kappa shape index (κ3) is 3.62. The van der Waals surface area contributed by atoms with Crippen LogP contribution in [0.4, 0.5) is 0 Å². The molecule has 1 heterocycles. The molecule has 0 radical (unpaired) electrons. The monoisotopic (exact) mass is 331 g/mol. The molecule has 24 heavy (non-hydrogen) atoms. The van der Waals surface area contributed by atoms with E-state index in [0.717, 1.165) is 5.70 Å². The number of ether oxygens (including phenoxy) is 3. The molecule has 2 aliphatic rings. The summed E-state index contributed by atoms with van der Waals surface area (Å²) in [6.45, 7) is 5.50. The van der Waals surface area contributed by atoms with Crippen LogP contribution in [0.1, 0.15) is 44.7 Å². The second-order valence-corrected chi connectivity index (χ2v) is 6.24. The van der Waals surface area contributed by atoms with E-state index in [1.54, 1.807) is 0 Å². The van der Waals surface area contributed by atoms with Gasteiger partial charge in [0.2, 0.25) is 0 Å². The van der Waals surface area contributed by atoms with Crippen molar-refractivity contribution in [2.24, 2.45) is 0 Å². The summed E-state index contributed by atoms with van der Waals surface area (Å²) in [5, 5.41) is 3.49. The number of carbonyl (C=O) groups is 1. The number of carbonyl (C=O) groups excluding carboxylic acids is 1. The maximum Gasteiger partial charge on any atom is 0.335 e. The van der Waals surface area contributed by atoms with Crippen LogP contribution >= 0.6 is 0 Å². The van der Waals surface area contributed by atoms with Crippen LogP contribution in [0.2, 0.25) is 0 Å². The molecular weight excluding hydrogens is 306 g/mol. The smallest absolute Gasteiger partial charge is 0.335 e. The Kier molecular flexibility index (Phi) is 5.21. The maximum atomic E-state index is 12.3. The topological polar surface area (TPSA) is 56.8 Å². The zero-order valence-corrected chi connectivity index (χ0v) is 14.3. The van der Waals surface area contributed by atoms with Gasteiger partial charge in [-0.2, -0.15) is 0 Å². The summed E-state index contributed by atoms with van der Waals surface area (Å²) in [5.41, 5.74) is 2.75. The predicted molar refractivity (Wildman–Crippen MR) is 90.1 cm³/mol. The summed E-state index contributed by atoms with van der Waals surface area (Å²) in [4.78, 5) is 12.3. The molecule has 0 saturated carbocycles. The maximum absolute atomic E-state index is 12.3. The average Bonchev–Trinajstić information content (AvgIpc) is 3.04. The van der Waals surface area contributed by atoms with Crippen LogP contribution in [-0.2, 0) is 19.0 Å². The van der Waals surface area contributed by atoms with E-state index < -0.39 is 5.79 Å². The molecule has 1 atom stereocenters. The van der Waals surface area contributed by atoms with Gasteiger partial charge in [-0.15, -0.1) is 0 Å². The molecule has 5 heteroatoms. The number of hydrogen-bond donors (Lipinski definition) is 1. The first kappa shape index (κ1) is 17.0. The Morgan fingerprint density at radius 2 is 2.00 bits per heavy atom. The molecule has 0 unspecified atom stereocenters. The lowest BCUT2D eigenvalue weighted by molar-refractivity contribution is -0.166. The SMILES string of the molecule is CCOC(=O)C1=C(N[C@@H](C)c2ccccc2)CC2(CC1)OCCO2. The van der Waals surface area contributed by atoms with Gasteiger partial charge in [0.15, 0.2) is 5.79 Å². The molecule has 5 nitrogen and oxygen atoms in total. The highest BCUT2D eigenvalue weighted by molar-refractivity contribution is 5.89. The Morgan fingerprint density at radius 3 is 2.67 bits per heavy atom. The van der Waals surface area contributed by atoms with Gasteiger partial charge >= 0.3 is 5.97 Å². The number of hydrogen-bond acceptors (Lipinski definition) is 5. The Labute approximate surface area is 143 Å². The molecule has 1 aliphatic heterocycles. The predicted octanol–water partition coefficient (Wildman–Crippen LogP) is 3.08. The van der Waals surface area contributed by atoms with E-state index in [1.807, 2.05) is 25.1 Å². The number of rotatable bonds is 5. The van der Waals surface area contributed by atoms with Crippen molar-refractivity contribution in [1.29, 1.82) is 0 Å². The van der Waals surface area contributed by atoms with Crippen LogP contribution in [0.5, 0.6) is 0 Å². The van der Waals surface area contributed by atoms with Gasteiger partial charge in [-0.3, -0.25) is 0 Å². The molecule has 0 aromatic heterocycles. The number of nitrogens with one attached hydrogen (secondary N) is 1. The highest BCUT2D eigenvalue weighted by atomic mass is 16.7. The first-order valence-corrected chi connectivity index (χ1v) is 8.62. The fourth-order valence-corrected chi connectivity index (χ4v) is 3.34. The fourth-order valence-electron chi connectivity index (χ4n) is 3.34. The minimum Gasteiger partial charge on any atom is -0.463 e. The molecule has 1 aromatic rings. The zero-order chi connectivity index (χ0) is 17.0. The highest BCUT2D eigenvalue weighted by Crippen LogP contribution is 2.39. The van der Waals surface area contributed by atoms with Crippen LogP contribution in [0.3, 0.4) is 0 Å². The third-order valence-corrected chi connectivity index (χ3v) is 4.59. The standard InChI is InChI=1S/C19H25NO4/c1-3-22-18(21)16-9-10-19(23-11-12-24-19)13-17(16)20-14(2)15-7-5-4-6-8-15/h4-8,14,20H,3,9-13H2,1-2H3/t14-/m0/s1. The van der Waals surface area contributed by atoms with Crippen molar-refractivity contribution in [3.05, 3.63) is 47.2 Å². The lowest BCUT2D eigenvalue weighted by atomic mass is 9.90. The first-order valence-electron chi connectivity index (χ1n) is 8.62. The Morgan fingerprint density at radius 1 is 1.29 bits per heavy atom. The largest absolute Gasteiger partial charge is 0.463 e. The molecule has 1 aromatic carbocycles. The summed E-state index contributed by atoms with van der Waals surface area (Å²) in [5.74, 6) is -0.831. The van der Waals surface area contributed by atoms with Crippen molar-refractivity contribution in [3.8, 4) is 0 Å². The van der Waals surface area contributed by atoms with Gasteiger partial charge in [0, 0.05) is 24.6 Å². The van der Waals surface area contributed by atoms with Crippen LogP contribution in [0, 0.1) is 0 Å². The summed E-state index contributed by atoms with van der Waals surface area (Å²) in [6, 6.07) is 10.3. The molecule has 1 N–H and O–H groups in total. The van der Waals surface area contributed by atoms with Crippen LogP contribution in [0.15, 0.2) is 41.6 Å². The minimum absolute atomic E-state index is 0.0854. The Balaban J connectivity index is 1.83. The molecule has 1 saturated heterocycles. The van der Waals surface area contributed by atoms with Crippen molar-refractivity contribution in [1.82, 2.24) is 5.32 Å². The van der Waals surface area contributed by atoms with Crippen molar-refractivity contribution >= 4 is 5.97 Å². The van der Waals surface area contributed by atoms with Crippen molar-refractivity contribution in [2.75, 3.05) is 19.8 Å². The molecular formula is C19H25NO4. The van der Waals surface area contributed by atoms with E-state index in [0.29, 0.717) is 44.7 Å². The molecule has 1 spiro atoms. The third-order valence-electron chi connectivity index (χ3n) is 4.59. The molecule has 1 aliphatic carbocycles. The summed E-state index contributed by atoms with van der Waals surface area (Å²) < 4.78 is 16.9. The second-order valence-electron chi connectivity index (χ2n) is 6.24. The second kappa shape index (κ2) is 7.36. The average molecular weight is 331 g/mol. The van der Waals surface area contributed by atoms with Gasteiger partial charge in [-0.25, -0.2) is 4.79 Å². The molecule has 130 valence electrons. The van der Waals surface area contributed by atoms with Gasteiger partial charge in [-0.05, 0) is 25.8 Å². The van der Waals surface area contributed by atoms with E-state index in [2.05, 4.69) is 24.4 Å². The minimum atomic E-state index is -0.589. The van der Waals surface area contributed by atoms with Gasteiger partial charge < -0.3 is 19.5 Å². The quantitative estimate of drug-likeness (QED) is 0.840. The van der Waals surface area contributed by atoms with Crippen LogP contribution < -0.4 is 5.32 Å². The van der Waals surface area contributed by atoms with Gasteiger partial charge in [0.1, 0.15) is 0 Å². The Bertz CT molecular complexity index is 605. The fraction of sp³-hybridized carbons (Fsp3) is 0.526. The number of esters is 1. The normalized spacial score (nSPS) is 20.9. The first-order chi connectivity index (χ1) is 11.6. The summed E-state index contributed by atoms with van der Waals surface area (Å²) in [6.07, 6.45) is 1.84. The van der Waals surface area contributed by atoms with Crippen molar-refractivity contribution in [2.45, 2.75) is 44.9 Å². The van der Waals surface area contributed by atoms with E-state index in [-0.39, 0.29) is 12.0 Å². The molecule has 0 bridgehead atoms. The van der Waals surface area contributed by atoms with Crippen LogP contribution in [0.25, 0.3) is 0 Å². The summed E-state index contributed by atoms with van der Waals surface area (Å²) in [7, 11) is 0. The van der Waals surface area contributed by atoms with Crippen LogP contribution in [-0.4, -0.2) is 31.6 Å². The lowest BCUT2D eigenvalue weighted by Gasteiger charge is -2.35. The van der Waals surface area contributed by atoms with Gasteiger partial charge in [-0.1, -0.05) is 30.3 Å². The lowest BCUT2D eigenvalue weighted by Crippen LogP contribution is -2.39. The van der Waals surface area contributed by atoms with Crippen molar-refractivity contribution in [3.63, 3.8) is 0 Å². The molecule has 3 rings (SSSR count). The number of benzene rings is 1. The summed E-state index contributed by atoms with van der Waals surface area (Å²) >= 11 is 0. The zero-order valence-electron chi connectivity index (χ0n) is 14.3. The van der Waals surface area contributed by atoms with Crippen molar-refractivity contribution < 1.29 is 19.0 Å². The van der Waals surface area contributed by atoms with E-state index in [4.69, 9.17) is 14.2 Å².